The molecule has 3 N–H and O–H groups in total. The Morgan fingerprint density at radius 1 is 1.10 bits per heavy atom. The third kappa shape index (κ3) is 6.80. The fourth-order valence-corrected chi connectivity index (χ4v) is 1.96. The Hall–Kier alpha value is -1.30. The highest BCUT2D eigenvalue weighted by Gasteiger charge is 2.10. The van der Waals surface area contributed by atoms with Crippen LogP contribution in [0.25, 0.3) is 0 Å². The van der Waals surface area contributed by atoms with Crippen molar-refractivity contribution >= 4 is 40.7 Å². The zero-order chi connectivity index (χ0) is 15.8. The Morgan fingerprint density at radius 2 is 1.67 bits per heavy atom. The van der Waals surface area contributed by atoms with Gasteiger partial charge in [-0.3, -0.25) is 14.9 Å². The first-order valence-corrected chi connectivity index (χ1v) is 7.37. The molecule has 2 amide bonds. The summed E-state index contributed by atoms with van der Waals surface area (Å²) in [5.41, 5.74) is 0.372. The van der Waals surface area contributed by atoms with Gasteiger partial charge in [-0.25, -0.2) is 0 Å². The summed E-state index contributed by atoms with van der Waals surface area (Å²) in [6.07, 6.45) is 0. The van der Waals surface area contributed by atoms with Gasteiger partial charge in [-0.05, 0) is 18.1 Å². The molecular formula is C14H19Cl2N3O2. The number of carbonyl (C=O) groups excluding carboxylic acids is 2. The minimum Gasteiger partial charge on any atom is -0.355 e. The molecule has 5 nitrogen and oxygen atoms in total. The maximum atomic E-state index is 11.7. The number of nitrogens with one attached hydrogen (secondary N) is 3. The van der Waals surface area contributed by atoms with E-state index >= 15 is 0 Å². The number of rotatable bonds is 7. The van der Waals surface area contributed by atoms with E-state index in [1.165, 1.54) is 0 Å². The van der Waals surface area contributed by atoms with E-state index in [2.05, 4.69) is 16.0 Å². The topological polar surface area (TPSA) is 70.2 Å². The Morgan fingerprint density at radius 3 is 2.24 bits per heavy atom. The van der Waals surface area contributed by atoms with E-state index in [-0.39, 0.29) is 24.9 Å². The van der Waals surface area contributed by atoms with Gasteiger partial charge in [0.25, 0.3) is 0 Å². The lowest BCUT2D eigenvalue weighted by Crippen LogP contribution is -2.38. The molecule has 1 rings (SSSR count). The van der Waals surface area contributed by atoms with Gasteiger partial charge >= 0.3 is 0 Å². The Labute approximate surface area is 134 Å². The quantitative estimate of drug-likeness (QED) is 0.717. The van der Waals surface area contributed by atoms with Gasteiger partial charge < -0.3 is 10.6 Å². The fourth-order valence-electron chi connectivity index (χ4n) is 1.47. The summed E-state index contributed by atoms with van der Waals surface area (Å²) in [5, 5.41) is 8.84. The molecule has 0 aliphatic heterocycles. The van der Waals surface area contributed by atoms with Crippen molar-refractivity contribution in [3.8, 4) is 0 Å². The van der Waals surface area contributed by atoms with Crippen LogP contribution in [0.1, 0.15) is 13.8 Å². The second-order valence-electron chi connectivity index (χ2n) is 4.95. The van der Waals surface area contributed by atoms with Crippen LogP contribution in [-0.2, 0) is 9.59 Å². The van der Waals surface area contributed by atoms with Crippen LogP contribution in [0, 0.1) is 5.92 Å². The van der Waals surface area contributed by atoms with E-state index in [0.717, 1.165) is 0 Å². The van der Waals surface area contributed by atoms with E-state index in [1.807, 2.05) is 13.8 Å². The summed E-state index contributed by atoms with van der Waals surface area (Å²) in [6.45, 7) is 4.71. The van der Waals surface area contributed by atoms with Crippen LogP contribution in [0.4, 0.5) is 5.69 Å². The SMILES string of the molecule is CC(C)CNC(=O)CNCC(=O)Nc1c(Cl)cccc1Cl. The monoisotopic (exact) mass is 331 g/mol. The first-order valence-electron chi connectivity index (χ1n) is 6.61. The minimum absolute atomic E-state index is 0.00332. The lowest BCUT2D eigenvalue weighted by molar-refractivity contribution is -0.120. The largest absolute Gasteiger partial charge is 0.355 e. The first-order chi connectivity index (χ1) is 9.90. The van der Waals surface area contributed by atoms with Crippen LogP contribution in [0.15, 0.2) is 18.2 Å². The normalized spacial score (nSPS) is 10.5. The molecule has 0 fully saturated rings. The second-order valence-corrected chi connectivity index (χ2v) is 5.76. The molecule has 7 heteroatoms. The highest BCUT2D eigenvalue weighted by atomic mass is 35.5. The molecule has 0 saturated heterocycles. The number of benzene rings is 1. The van der Waals surface area contributed by atoms with Crippen molar-refractivity contribution in [1.29, 1.82) is 0 Å². The van der Waals surface area contributed by atoms with Gasteiger partial charge in [0.05, 0.1) is 28.8 Å². The summed E-state index contributed by atoms with van der Waals surface area (Å²) in [5.74, 6) is -0.0754. The van der Waals surface area contributed by atoms with E-state index in [1.54, 1.807) is 18.2 Å². The van der Waals surface area contributed by atoms with E-state index in [4.69, 9.17) is 23.2 Å². The minimum atomic E-state index is -0.318. The highest BCUT2D eigenvalue weighted by Crippen LogP contribution is 2.29. The summed E-state index contributed by atoms with van der Waals surface area (Å²) >= 11 is 11.9. The zero-order valence-corrected chi connectivity index (χ0v) is 13.5. The predicted molar refractivity (Wildman–Crippen MR) is 85.8 cm³/mol. The molecule has 0 heterocycles. The van der Waals surface area contributed by atoms with Crippen LogP contribution in [0.3, 0.4) is 0 Å². The van der Waals surface area contributed by atoms with Gasteiger partial charge in [-0.2, -0.15) is 0 Å². The molecule has 0 unspecified atom stereocenters. The standard InChI is InChI=1S/C14H19Cl2N3O2/c1-9(2)6-18-12(20)7-17-8-13(21)19-14-10(15)4-3-5-11(14)16/h3-5,9,17H,6-8H2,1-2H3,(H,18,20)(H,19,21). The number of halogens is 2. The molecule has 0 saturated carbocycles. The van der Waals surface area contributed by atoms with Crippen molar-refractivity contribution < 1.29 is 9.59 Å². The van der Waals surface area contributed by atoms with Crippen LogP contribution in [0.2, 0.25) is 10.0 Å². The van der Waals surface area contributed by atoms with Crippen molar-refractivity contribution in [2.45, 2.75) is 13.8 Å². The molecule has 21 heavy (non-hydrogen) atoms. The highest BCUT2D eigenvalue weighted by molar-refractivity contribution is 6.39. The van der Waals surface area contributed by atoms with Gasteiger partial charge in [0.15, 0.2) is 0 Å². The molecule has 0 aromatic heterocycles. The van der Waals surface area contributed by atoms with Crippen molar-refractivity contribution in [2.24, 2.45) is 5.92 Å². The van der Waals surface area contributed by atoms with E-state index in [0.29, 0.717) is 28.2 Å². The van der Waals surface area contributed by atoms with Crippen LogP contribution >= 0.6 is 23.2 Å². The molecule has 116 valence electrons. The molecule has 1 aromatic carbocycles. The average Bonchev–Trinajstić information content (AvgIpc) is 2.41. The third-order valence-electron chi connectivity index (χ3n) is 2.51. The van der Waals surface area contributed by atoms with Crippen LogP contribution < -0.4 is 16.0 Å². The molecule has 0 spiro atoms. The molecule has 1 aromatic rings. The van der Waals surface area contributed by atoms with Gasteiger partial charge in [0, 0.05) is 6.54 Å². The molecule has 0 aliphatic rings. The molecule has 0 bridgehead atoms. The lowest BCUT2D eigenvalue weighted by Gasteiger charge is -2.10. The van der Waals surface area contributed by atoms with Crippen molar-refractivity contribution in [3.63, 3.8) is 0 Å². The second kappa shape index (κ2) is 8.87. The van der Waals surface area contributed by atoms with E-state index < -0.39 is 0 Å². The maximum Gasteiger partial charge on any atom is 0.238 e. The van der Waals surface area contributed by atoms with Crippen molar-refractivity contribution in [3.05, 3.63) is 28.2 Å². The van der Waals surface area contributed by atoms with Crippen LogP contribution in [0.5, 0.6) is 0 Å². The van der Waals surface area contributed by atoms with Crippen molar-refractivity contribution in [2.75, 3.05) is 25.0 Å². The lowest BCUT2D eigenvalue weighted by atomic mass is 10.2. The number of hydrogen-bond acceptors (Lipinski definition) is 3. The number of anilines is 1. The van der Waals surface area contributed by atoms with Crippen LogP contribution in [-0.4, -0.2) is 31.4 Å². The van der Waals surface area contributed by atoms with Gasteiger partial charge in [0.1, 0.15) is 0 Å². The first kappa shape index (κ1) is 17.8. The van der Waals surface area contributed by atoms with E-state index in [9.17, 15) is 9.59 Å². The smallest absolute Gasteiger partial charge is 0.238 e. The van der Waals surface area contributed by atoms with Gasteiger partial charge in [-0.15, -0.1) is 0 Å². The Balaban J connectivity index is 2.33. The predicted octanol–water partition coefficient (Wildman–Crippen LogP) is 2.29. The summed E-state index contributed by atoms with van der Waals surface area (Å²) in [6, 6.07) is 4.96. The number of hydrogen-bond donors (Lipinski definition) is 3. The zero-order valence-electron chi connectivity index (χ0n) is 12.0. The summed E-state index contributed by atoms with van der Waals surface area (Å²) < 4.78 is 0. The van der Waals surface area contributed by atoms with Crippen molar-refractivity contribution in [1.82, 2.24) is 10.6 Å². The fraction of sp³-hybridized carbons (Fsp3) is 0.429. The van der Waals surface area contributed by atoms with Gasteiger partial charge in [-0.1, -0.05) is 43.1 Å². The number of para-hydroxylation sites is 1. The number of amides is 2. The molecule has 0 aliphatic carbocycles. The summed E-state index contributed by atoms with van der Waals surface area (Å²) in [7, 11) is 0. The molecule has 0 radical (unpaired) electrons. The maximum absolute atomic E-state index is 11.7. The third-order valence-corrected chi connectivity index (χ3v) is 3.14. The Kier molecular flexibility index (Phi) is 7.50. The molecule has 0 atom stereocenters. The molecular weight excluding hydrogens is 313 g/mol. The summed E-state index contributed by atoms with van der Waals surface area (Å²) in [4.78, 5) is 23.2. The average molecular weight is 332 g/mol. The van der Waals surface area contributed by atoms with Gasteiger partial charge in [0.2, 0.25) is 11.8 Å². The Bertz CT molecular complexity index is 487. The number of carbonyl (C=O) groups is 2.